The van der Waals surface area contributed by atoms with Gasteiger partial charge in [0.15, 0.2) is 9.84 Å². The van der Waals surface area contributed by atoms with E-state index in [9.17, 15) is 8.42 Å². The Hall–Kier alpha value is -1.14. The van der Waals surface area contributed by atoms with E-state index in [0.717, 1.165) is 36.3 Å². The highest BCUT2D eigenvalue weighted by atomic mass is 32.2. The van der Waals surface area contributed by atoms with Crippen molar-refractivity contribution in [1.82, 2.24) is 4.98 Å². The van der Waals surface area contributed by atoms with Gasteiger partial charge < -0.3 is 10.6 Å². The summed E-state index contributed by atoms with van der Waals surface area (Å²) in [6, 6.07) is 2.18. The van der Waals surface area contributed by atoms with Crippen LogP contribution in [0, 0.1) is 0 Å². The van der Waals surface area contributed by atoms with Crippen molar-refractivity contribution in [2.24, 2.45) is 5.73 Å². The van der Waals surface area contributed by atoms with Crippen LogP contribution in [-0.2, 0) is 29.2 Å². The summed E-state index contributed by atoms with van der Waals surface area (Å²) >= 11 is 0. The number of hydrogen-bond acceptors (Lipinski definition) is 5. The van der Waals surface area contributed by atoms with Gasteiger partial charge >= 0.3 is 0 Å². The molecule has 2 heterocycles. The van der Waals surface area contributed by atoms with Crippen molar-refractivity contribution in [3.63, 3.8) is 0 Å². The fourth-order valence-corrected chi connectivity index (χ4v) is 4.99. The van der Waals surface area contributed by atoms with E-state index in [1.165, 1.54) is 5.56 Å². The zero-order valence-corrected chi connectivity index (χ0v) is 12.6. The second-order valence-electron chi connectivity index (χ2n) is 5.80. The molecule has 20 heavy (non-hydrogen) atoms. The Morgan fingerprint density at radius 3 is 2.90 bits per heavy atom. The molecule has 2 aliphatic rings. The molecule has 110 valence electrons. The van der Waals surface area contributed by atoms with Gasteiger partial charge in [0.25, 0.3) is 0 Å². The number of aryl methyl sites for hydroxylation is 2. The normalized spacial score (nSPS) is 23.8. The molecule has 5 nitrogen and oxygen atoms in total. The van der Waals surface area contributed by atoms with E-state index < -0.39 is 9.84 Å². The first kappa shape index (κ1) is 13.8. The Bertz CT molecular complexity index is 628. The van der Waals surface area contributed by atoms with Gasteiger partial charge in [0.05, 0.1) is 11.5 Å². The Morgan fingerprint density at radius 2 is 2.25 bits per heavy atom. The number of fused-ring (bicyclic) bond motifs is 1. The number of rotatable bonds is 3. The molecule has 3 rings (SSSR count). The number of nitrogens with two attached hydrogens (primary N) is 1. The molecule has 0 aromatic carbocycles. The monoisotopic (exact) mass is 295 g/mol. The number of nitrogens with zero attached hydrogens (tertiary/aromatic N) is 2. The summed E-state index contributed by atoms with van der Waals surface area (Å²) < 4.78 is 23.3. The van der Waals surface area contributed by atoms with Gasteiger partial charge in [-0.2, -0.15) is 0 Å². The molecule has 6 heteroatoms. The van der Waals surface area contributed by atoms with Crippen molar-refractivity contribution in [2.75, 3.05) is 23.5 Å². The van der Waals surface area contributed by atoms with Gasteiger partial charge in [-0.1, -0.05) is 0 Å². The minimum absolute atomic E-state index is 0.0252. The summed E-state index contributed by atoms with van der Waals surface area (Å²) in [5, 5.41) is 0. The van der Waals surface area contributed by atoms with Gasteiger partial charge in [0.1, 0.15) is 5.82 Å². The summed E-state index contributed by atoms with van der Waals surface area (Å²) in [5.41, 5.74) is 9.34. The number of pyridine rings is 1. The largest absolute Gasteiger partial charge is 0.355 e. The molecule has 1 aliphatic heterocycles. The van der Waals surface area contributed by atoms with Crippen LogP contribution in [0.5, 0.6) is 0 Å². The van der Waals surface area contributed by atoms with Gasteiger partial charge in [-0.15, -0.1) is 0 Å². The Morgan fingerprint density at radius 1 is 1.45 bits per heavy atom. The number of aromatic nitrogens is 1. The lowest BCUT2D eigenvalue weighted by molar-refractivity contribution is 0.600. The van der Waals surface area contributed by atoms with Crippen molar-refractivity contribution in [3.8, 4) is 0 Å². The van der Waals surface area contributed by atoms with E-state index in [1.54, 1.807) is 0 Å². The topological polar surface area (TPSA) is 76.3 Å². The van der Waals surface area contributed by atoms with Crippen LogP contribution in [0.25, 0.3) is 0 Å². The maximum atomic E-state index is 11.6. The zero-order valence-electron chi connectivity index (χ0n) is 11.8. The first-order valence-corrected chi connectivity index (χ1v) is 8.97. The van der Waals surface area contributed by atoms with Crippen LogP contribution in [0.1, 0.15) is 29.7 Å². The first-order valence-electron chi connectivity index (χ1n) is 7.15. The van der Waals surface area contributed by atoms with Crippen molar-refractivity contribution in [1.29, 1.82) is 0 Å². The van der Waals surface area contributed by atoms with Gasteiger partial charge in [-0.3, -0.25) is 0 Å². The van der Waals surface area contributed by atoms with Gasteiger partial charge in [-0.05, 0) is 37.3 Å². The maximum absolute atomic E-state index is 11.6. The molecule has 1 fully saturated rings. The van der Waals surface area contributed by atoms with E-state index in [-0.39, 0.29) is 17.5 Å². The molecule has 1 atom stereocenters. The lowest BCUT2D eigenvalue weighted by atomic mass is 10.1. The second kappa shape index (κ2) is 5.00. The summed E-state index contributed by atoms with van der Waals surface area (Å²) in [6.45, 7) is 0.444. The Kier molecular flexibility index (Phi) is 3.46. The molecule has 1 aliphatic carbocycles. The molecule has 2 N–H and O–H groups in total. The first-order chi connectivity index (χ1) is 9.50. The number of anilines is 1. The number of hydrogen-bond donors (Lipinski definition) is 1. The highest BCUT2D eigenvalue weighted by Gasteiger charge is 2.32. The highest BCUT2D eigenvalue weighted by Crippen LogP contribution is 2.29. The molecule has 0 spiro atoms. The molecule has 1 aromatic heterocycles. The fourth-order valence-electron chi connectivity index (χ4n) is 3.22. The molecular formula is C14H21N3O2S. The lowest BCUT2D eigenvalue weighted by Crippen LogP contribution is -2.34. The third-order valence-corrected chi connectivity index (χ3v) is 6.17. The van der Waals surface area contributed by atoms with Crippen LogP contribution < -0.4 is 10.6 Å². The van der Waals surface area contributed by atoms with Crippen LogP contribution in [-0.4, -0.2) is 38.0 Å². The summed E-state index contributed by atoms with van der Waals surface area (Å²) in [7, 11) is -0.941. The summed E-state index contributed by atoms with van der Waals surface area (Å²) in [5.74, 6) is 1.38. The van der Waals surface area contributed by atoms with E-state index in [0.29, 0.717) is 13.0 Å². The maximum Gasteiger partial charge on any atom is 0.152 e. The Balaban J connectivity index is 1.93. The number of sulfone groups is 1. The third-order valence-electron chi connectivity index (χ3n) is 4.42. The van der Waals surface area contributed by atoms with E-state index >= 15 is 0 Å². The van der Waals surface area contributed by atoms with Crippen LogP contribution in [0.4, 0.5) is 5.82 Å². The highest BCUT2D eigenvalue weighted by molar-refractivity contribution is 7.91. The van der Waals surface area contributed by atoms with Gasteiger partial charge in [0.2, 0.25) is 0 Å². The van der Waals surface area contributed by atoms with Crippen molar-refractivity contribution >= 4 is 15.7 Å². The standard InChI is InChI=1S/C14H21N3O2S/c1-17(12-5-6-20(18,19)9-12)14-11(8-15)7-10-3-2-4-13(10)16-14/h7,12H,2-6,8-9,15H2,1H3. The minimum atomic E-state index is -2.88. The van der Waals surface area contributed by atoms with E-state index in [4.69, 9.17) is 10.7 Å². The third kappa shape index (κ3) is 2.42. The molecule has 0 amide bonds. The van der Waals surface area contributed by atoms with E-state index in [1.807, 2.05) is 11.9 Å². The van der Waals surface area contributed by atoms with Crippen LogP contribution in [0.2, 0.25) is 0 Å². The summed E-state index contributed by atoms with van der Waals surface area (Å²) in [6.07, 6.45) is 3.93. The smallest absolute Gasteiger partial charge is 0.152 e. The lowest BCUT2D eigenvalue weighted by Gasteiger charge is -2.27. The van der Waals surface area contributed by atoms with Crippen molar-refractivity contribution < 1.29 is 8.42 Å². The van der Waals surface area contributed by atoms with Crippen molar-refractivity contribution in [3.05, 3.63) is 22.9 Å². The quantitative estimate of drug-likeness (QED) is 0.886. The average molecular weight is 295 g/mol. The van der Waals surface area contributed by atoms with Gasteiger partial charge in [0, 0.05) is 30.9 Å². The van der Waals surface area contributed by atoms with E-state index in [2.05, 4.69) is 6.07 Å². The molecule has 0 saturated carbocycles. The molecule has 1 unspecified atom stereocenters. The van der Waals surface area contributed by atoms with Crippen LogP contribution in [0.15, 0.2) is 6.07 Å². The molecule has 0 radical (unpaired) electrons. The molecule has 1 aromatic rings. The van der Waals surface area contributed by atoms with Crippen molar-refractivity contribution in [2.45, 2.75) is 38.3 Å². The molecular weight excluding hydrogens is 274 g/mol. The minimum Gasteiger partial charge on any atom is -0.355 e. The average Bonchev–Trinajstić information content (AvgIpc) is 3.01. The molecule has 0 bridgehead atoms. The van der Waals surface area contributed by atoms with Crippen LogP contribution in [0.3, 0.4) is 0 Å². The second-order valence-corrected chi connectivity index (χ2v) is 8.03. The SMILES string of the molecule is CN(c1nc2c(cc1CN)CCC2)C1CCS(=O)(=O)C1. The summed E-state index contributed by atoms with van der Waals surface area (Å²) in [4.78, 5) is 6.79. The van der Waals surface area contributed by atoms with Gasteiger partial charge in [-0.25, -0.2) is 13.4 Å². The predicted molar refractivity (Wildman–Crippen MR) is 79.6 cm³/mol. The fraction of sp³-hybridized carbons (Fsp3) is 0.643. The predicted octanol–water partition coefficient (Wildman–Crippen LogP) is 0.652. The zero-order chi connectivity index (χ0) is 14.3. The Labute approximate surface area is 120 Å². The molecule has 1 saturated heterocycles. The van der Waals surface area contributed by atoms with Crippen LogP contribution >= 0.6 is 0 Å².